The summed E-state index contributed by atoms with van der Waals surface area (Å²) < 4.78 is 5.10. The van der Waals surface area contributed by atoms with E-state index in [9.17, 15) is 0 Å². The first-order valence-corrected chi connectivity index (χ1v) is 5.38. The summed E-state index contributed by atoms with van der Waals surface area (Å²) in [5.74, 6) is 0.855. The number of imidazole rings is 1. The Balaban J connectivity index is 2.00. The van der Waals surface area contributed by atoms with Gasteiger partial charge in [0.2, 0.25) is 0 Å². The largest absolute Gasteiger partial charge is 0.497 e. The molecule has 0 aliphatic rings. The summed E-state index contributed by atoms with van der Waals surface area (Å²) in [6.45, 7) is 0. The van der Waals surface area contributed by atoms with Gasteiger partial charge in [-0.1, -0.05) is 12.1 Å². The van der Waals surface area contributed by atoms with Crippen LogP contribution in [0.5, 0.6) is 5.75 Å². The molecule has 0 aliphatic heterocycles. The minimum atomic E-state index is 0.485. The third-order valence-corrected chi connectivity index (χ3v) is 2.65. The van der Waals surface area contributed by atoms with Crippen molar-refractivity contribution in [3.63, 3.8) is 0 Å². The van der Waals surface area contributed by atoms with E-state index in [1.54, 1.807) is 13.4 Å². The van der Waals surface area contributed by atoms with Crippen molar-refractivity contribution in [2.24, 2.45) is 0 Å². The van der Waals surface area contributed by atoms with Gasteiger partial charge >= 0.3 is 0 Å². The number of aromatic nitrogens is 2. The van der Waals surface area contributed by atoms with E-state index >= 15 is 0 Å². The van der Waals surface area contributed by atoms with E-state index in [0.29, 0.717) is 5.69 Å². The number of ether oxygens (including phenoxy) is 1. The van der Waals surface area contributed by atoms with Crippen molar-refractivity contribution in [1.29, 1.82) is 5.26 Å². The first-order chi connectivity index (χ1) is 8.33. The normalized spacial score (nSPS) is 9.88. The zero-order valence-corrected chi connectivity index (χ0v) is 9.60. The summed E-state index contributed by atoms with van der Waals surface area (Å²) in [5, 5.41) is 8.82. The van der Waals surface area contributed by atoms with Crippen molar-refractivity contribution in [2.75, 3.05) is 7.11 Å². The standard InChI is InChI=1S/C13H13N3O/c1-17-11-5-2-10(3-6-11)4-7-12-13(8-14)16-9-15-12/h2-3,5-6,9H,4,7H2,1H3,(H,15,16). The van der Waals surface area contributed by atoms with Gasteiger partial charge in [-0.3, -0.25) is 0 Å². The Kier molecular flexibility index (Phi) is 3.41. The Bertz CT molecular complexity index is 522. The molecule has 2 rings (SSSR count). The summed E-state index contributed by atoms with van der Waals surface area (Å²) >= 11 is 0. The monoisotopic (exact) mass is 227 g/mol. The van der Waals surface area contributed by atoms with Gasteiger partial charge in [0.05, 0.1) is 19.1 Å². The molecule has 17 heavy (non-hydrogen) atoms. The molecule has 0 fully saturated rings. The molecule has 2 aromatic rings. The van der Waals surface area contributed by atoms with Crippen LogP contribution in [-0.4, -0.2) is 17.1 Å². The van der Waals surface area contributed by atoms with Crippen molar-refractivity contribution >= 4 is 0 Å². The fraction of sp³-hybridized carbons (Fsp3) is 0.231. The molecule has 0 radical (unpaired) electrons. The summed E-state index contributed by atoms with van der Waals surface area (Å²) in [5.41, 5.74) is 2.59. The number of hydrogen-bond donors (Lipinski definition) is 1. The van der Waals surface area contributed by atoms with E-state index in [2.05, 4.69) is 16.0 Å². The molecule has 0 saturated carbocycles. The van der Waals surface area contributed by atoms with Crippen LogP contribution in [0.2, 0.25) is 0 Å². The number of rotatable bonds is 4. The van der Waals surface area contributed by atoms with Crippen LogP contribution in [0.25, 0.3) is 0 Å². The SMILES string of the molecule is COc1ccc(CCc2[nH]cnc2C#N)cc1. The molecule has 0 bridgehead atoms. The highest BCUT2D eigenvalue weighted by Gasteiger charge is 2.04. The predicted molar refractivity (Wildman–Crippen MR) is 63.7 cm³/mol. The Morgan fingerprint density at radius 1 is 1.29 bits per heavy atom. The number of hydrogen-bond acceptors (Lipinski definition) is 3. The van der Waals surface area contributed by atoms with Crippen LogP contribution in [-0.2, 0) is 12.8 Å². The van der Waals surface area contributed by atoms with E-state index in [1.165, 1.54) is 5.56 Å². The molecule has 0 spiro atoms. The van der Waals surface area contributed by atoms with Crippen LogP contribution in [0.1, 0.15) is 17.0 Å². The van der Waals surface area contributed by atoms with Crippen molar-refractivity contribution in [3.8, 4) is 11.8 Å². The van der Waals surface area contributed by atoms with E-state index in [4.69, 9.17) is 10.00 Å². The minimum Gasteiger partial charge on any atom is -0.497 e. The van der Waals surface area contributed by atoms with Gasteiger partial charge in [0.25, 0.3) is 0 Å². The van der Waals surface area contributed by atoms with Gasteiger partial charge in [-0.2, -0.15) is 5.26 Å². The van der Waals surface area contributed by atoms with Crippen LogP contribution >= 0.6 is 0 Å². The summed E-state index contributed by atoms with van der Waals surface area (Å²) in [7, 11) is 1.65. The summed E-state index contributed by atoms with van der Waals surface area (Å²) in [6, 6.07) is 10.0. The van der Waals surface area contributed by atoms with E-state index in [1.807, 2.05) is 24.3 Å². The van der Waals surface area contributed by atoms with Gasteiger partial charge in [0.15, 0.2) is 5.69 Å². The van der Waals surface area contributed by atoms with Gasteiger partial charge in [0.1, 0.15) is 11.8 Å². The average Bonchev–Trinajstić information content (AvgIpc) is 2.84. The number of benzene rings is 1. The van der Waals surface area contributed by atoms with Crippen molar-refractivity contribution in [2.45, 2.75) is 12.8 Å². The Morgan fingerprint density at radius 2 is 2.06 bits per heavy atom. The van der Waals surface area contributed by atoms with Crippen molar-refractivity contribution < 1.29 is 4.74 Å². The van der Waals surface area contributed by atoms with Crippen LogP contribution in [0.3, 0.4) is 0 Å². The van der Waals surface area contributed by atoms with Gasteiger partial charge in [-0.05, 0) is 30.5 Å². The first kappa shape index (κ1) is 11.2. The van der Waals surface area contributed by atoms with Crippen molar-refractivity contribution in [1.82, 2.24) is 9.97 Å². The summed E-state index contributed by atoms with van der Waals surface area (Å²) in [6.07, 6.45) is 3.22. The maximum Gasteiger partial charge on any atom is 0.161 e. The molecule has 0 atom stereocenters. The summed E-state index contributed by atoms with van der Waals surface area (Å²) in [4.78, 5) is 6.93. The predicted octanol–water partition coefficient (Wildman–Crippen LogP) is 2.08. The molecule has 1 aromatic heterocycles. The van der Waals surface area contributed by atoms with Gasteiger partial charge < -0.3 is 9.72 Å². The smallest absolute Gasteiger partial charge is 0.161 e. The molecule has 4 nitrogen and oxygen atoms in total. The number of aromatic amines is 1. The van der Waals surface area contributed by atoms with E-state index in [-0.39, 0.29) is 0 Å². The highest BCUT2D eigenvalue weighted by molar-refractivity contribution is 5.29. The molecule has 86 valence electrons. The Hall–Kier alpha value is -2.28. The molecular formula is C13H13N3O. The lowest BCUT2D eigenvalue weighted by Gasteiger charge is -2.02. The highest BCUT2D eigenvalue weighted by atomic mass is 16.5. The Morgan fingerprint density at radius 3 is 2.71 bits per heavy atom. The fourth-order valence-electron chi connectivity index (χ4n) is 1.67. The molecule has 0 unspecified atom stereocenters. The first-order valence-electron chi connectivity index (χ1n) is 5.38. The second-order valence-electron chi connectivity index (χ2n) is 3.69. The topological polar surface area (TPSA) is 61.7 Å². The van der Waals surface area contributed by atoms with E-state index < -0.39 is 0 Å². The molecule has 1 heterocycles. The zero-order chi connectivity index (χ0) is 12.1. The lowest BCUT2D eigenvalue weighted by Crippen LogP contribution is -1.94. The van der Waals surface area contributed by atoms with Gasteiger partial charge in [-0.15, -0.1) is 0 Å². The van der Waals surface area contributed by atoms with Crippen LogP contribution in [0, 0.1) is 11.3 Å². The fourth-order valence-corrected chi connectivity index (χ4v) is 1.67. The molecule has 4 heteroatoms. The third kappa shape index (κ3) is 2.64. The zero-order valence-electron chi connectivity index (χ0n) is 9.60. The molecule has 0 aliphatic carbocycles. The minimum absolute atomic E-state index is 0.485. The maximum atomic E-state index is 8.82. The number of nitrogens with zero attached hydrogens (tertiary/aromatic N) is 2. The number of nitriles is 1. The number of nitrogens with one attached hydrogen (secondary N) is 1. The second-order valence-corrected chi connectivity index (χ2v) is 3.69. The van der Waals surface area contributed by atoms with E-state index in [0.717, 1.165) is 24.3 Å². The van der Waals surface area contributed by atoms with Crippen LogP contribution in [0.15, 0.2) is 30.6 Å². The third-order valence-electron chi connectivity index (χ3n) is 2.65. The number of aryl methyl sites for hydroxylation is 2. The second kappa shape index (κ2) is 5.17. The Labute approximate surface area is 99.9 Å². The van der Waals surface area contributed by atoms with Gasteiger partial charge in [-0.25, -0.2) is 4.98 Å². The quantitative estimate of drug-likeness (QED) is 0.869. The molecule has 0 amide bonds. The van der Waals surface area contributed by atoms with Crippen LogP contribution in [0.4, 0.5) is 0 Å². The lowest BCUT2D eigenvalue weighted by molar-refractivity contribution is 0.414. The van der Waals surface area contributed by atoms with Gasteiger partial charge in [0, 0.05) is 0 Å². The van der Waals surface area contributed by atoms with Crippen LogP contribution < -0.4 is 4.74 Å². The maximum absolute atomic E-state index is 8.82. The lowest BCUT2D eigenvalue weighted by atomic mass is 10.1. The number of H-pyrrole nitrogens is 1. The molecule has 1 aromatic carbocycles. The molecule has 0 saturated heterocycles. The number of methoxy groups -OCH3 is 1. The molecular weight excluding hydrogens is 214 g/mol. The highest BCUT2D eigenvalue weighted by Crippen LogP contribution is 2.13. The van der Waals surface area contributed by atoms with Crippen molar-refractivity contribution in [3.05, 3.63) is 47.5 Å². The molecule has 1 N–H and O–H groups in total. The average molecular weight is 227 g/mol.